The van der Waals surface area contributed by atoms with E-state index in [4.69, 9.17) is 16.9 Å². The fraction of sp³-hybridized carbons (Fsp3) is 0.462. The van der Waals surface area contributed by atoms with Gasteiger partial charge in [-0.2, -0.15) is 9.57 Å². The second-order valence-electron chi connectivity index (χ2n) is 4.95. The number of hydrogen-bond acceptors (Lipinski definition) is 4. The lowest BCUT2D eigenvalue weighted by Gasteiger charge is -2.38. The fourth-order valence-electron chi connectivity index (χ4n) is 2.47. The van der Waals surface area contributed by atoms with Crippen LogP contribution in [0.5, 0.6) is 0 Å². The molecule has 2 atom stereocenters. The Bertz CT molecular complexity index is 644. The average molecular weight is 314 g/mol. The Morgan fingerprint density at radius 3 is 2.50 bits per heavy atom. The predicted octanol–water partition coefficient (Wildman–Crippen LogP) is 1.58. The molecule has 1 aliphatic rings. The van der Waals surface area contributed by atoms with E-state index < -0.39 is 10.0 Å². The predicted molar refractivity (Wildman–Crippen MR) is 77.0 cm³/mol. The van der Waals surface area contributed by atoms with Crippen LogP contribution in [-0.2, 0) is 10.0 Å². The third kappa shape index (κ3) is 2.67. The molecule has 7 heteroatoms. The molecule has 0 bridgehead atoms. The van der Waals surface area contributed by atoms with Gasteiger partial charge in [0.05, 0.1) is 16.7 Å². The maximum atomic E-state index is 12.8. The average Bonchev–Trinajstić information content (AvgIpc) is 2.38. The molecule has 1 N–H and O–H groups in total. The zero-order valence-electron chi connectivity index (χ0n) is 11.3. The van der Waals surface area contributed by atoms with E-state index in [2.05, 4.69) is 5.32 Å². The fourth-order valence-corrected chi connectivity index (χ4v) is 4.80. The summed E-state index contributed by atoms with van der Waals surface area (Å²) in [5.74, 6) is 0. The maximum Gasteiger partial charge on any atom is 0.245 e. The molecule has 5 nitrogen and oxygen atoms in total. The summed E-state index contributed by atoms with van der Waals surface area (Å²) in [5.41, 5.74) is 0.281. The molecule has 0 radical (unpaired) electrons. The second-order valence-corrected chi connectivity index (χ2v) is 7.17. The summed E-state index contributed by atoms with van der Waals surface area (Å²) in [5, 5.41) is 12.2. The number of rotatable bonds is 2. The zero-order valence-corrected chi connectivity index (χ0v) is 12.9. The van der Waals surface area contributed by atoms with Gasteiger partial charge < -0.3 is 5.32 Å². The lowest BCUT2D eigenvalue weighted by Crippen LogP contribution is -2.57. The van der Waals surface area contributed by atoms with Crippen LogP contribution >= 0.6 is 11.6 Å². The standard InChI is InChI=1S/C13H16ClN3O2S/c1-9-7-16-8-10(2)17(9)20(18,19)13-5-11(6-15)3-4-12(13)14/h3-5,9-10,16H,7-8H2,1-2H3. The summed E-state index contributed by atoms with van der Waals surface area (Å²) < 4.78 is 27.1. The Morgan fingerprint density at radius 2 is 1.95 bits per heavy atom. The van der Waals surface area contributed by atoms with E-state index in [0.717, 1.165) is 0 Å². The van der Waals surface area contributed by atoms with E-state index in [1.165, 1.54) is 22.5 Å². The largest absolute Gasteiger partial charge is 0.314 e. The van der Waals surface area contributed by atoms with Crippen molar-refractivity contribution in [2.24, 2.45) is 0 Å². The molecule has 1 saturated heterocycles. The van der Waals surface area contributed by atoms with E-state index in [1.807, 2.05) is 19.9 Å². The molecule has 2 unspecified atom stereocenters. The highest BCUT2D eigenvalue weighted by atomic mass is 35.5. The molecule has 2 rings (SSSR count). The van der Waals surface area contributed by atoms with Crippen LogP contribution in [0.3, 0.4) is 0 Å². The molecule has 0 spiro atoms. The number of hydrogen-bond donors (Lipinski definition) is 1. The Labute approximate surface area is 124 Å². The van der Waals surface area contributed by atoms with E-state index >= 15 is 0 Å². The van der Waals surface area contributed by atoms with Crippen molar-refractivity contribution in [2.75, 3.05) is 13.1 Å². The minimum absolute atomic E-state index is 0.00110. The monoisotopic (exact) mass is 313 g/mol. The minimum Gasteiger partial charge on any atom is -0.314 e. The van der Waals surface area contributed by atoms with Gasteiger partial charge in [-0.05, 0) is 32.0 Å². The molecular formula is C13H16ClN3O2S. The van der Waals surface area contributed by atoms with Gasteiger partial charge in [-0.3, -0.25) is 0 Å². The quantitative estimate of drug-likeness (QED) is 0.899. The van der Waals surface area contributed by atoms with Gasteiger partial charge >= 0.3 is 0 Å². The molecule has 1 aromatic carbocycles. The third-order valence-electron chi connectivity index (χ3n) is 3.36. The van der Waals surface area contributed by atoms with Crippen molar-refractivity contribution in [2.45, 2.75) is 30.8 Å². The van der Waals surface area contributed by atoms with Crippen molar-refractivity contribution in [1.29, 1.82) is 5.26 Å². The first kappa shape index (κ1) is 15.3. The molecule has 0 saturated carbocycles. The number of nitrogens with zero attached hydrogens (tertiary/aromatic N) is 2. The lowest BCUT2D eigenvalue weighted by atomic mass is 10.2. The molecule has 108 valence electrons. The summed E-state index contributed by atoms with van der Waals surface area (Å²) in [6, 6.07) is 5.90. The Balaban J connectivity index is 2.52. The van der Waals surface area contributed by atoms with Crippen LogP contribution in [0.2, 0.25) is 5.02 Å². The summed E-state index contributed by atoms with van der Waals surface area (Å²) in [7, 11) is -3.71. The van der Waals surface area contributed by atoms with Crippen LogP contribution in [-0.4, -0.2) is 37.9 Å². The first-order chi connectivity index (χ1) is 9.37. The Kier molecular flexibility index (Phi) is 4.35. The SMILES string of the molecule is CC1CNCC(C)N1S(=O)(=O)c1cc(C#N)ccc1Cl. The van der Waals surface area contributed by atoms with Crippen molar-refractivity contribution >= 4 is 21.6 Å². The molecule has 1 fully saturated rings. The first-order valence-corrected chi connectivity index (χ1v) is 8.13. The van der Waals surface area contributed by atoms with Gasteiger partial charge in [-0.1, -0.05) is 11.6 Å². The van der Waals surface area contributed by atoms with Crippen molar-refractivity contribution in [3.05, 3.63) is 28.8 Å². The topological polar surface area (TPSA) is 73.2 Å². The minimum atomic E-state index is -3.71. The number of piperazine rings is 1. The van der Waals surface area contributed by atoms with Crippen LogP contribution in [0.25, 0.3) is 0 Å². The molecule has 1 aliphatic heterocycles. The molecule has 0 amide bonds. The van der Waals surface area contributed by atoms with Crippen LogP contribution in [0.15, 0.2) is 23.1 Å². The van der Waals surface area contributed by atoms with E-state index in [1.54, 1.807) is 0 Å². The summed E-state index contributed by atoms with van der Waals surface area (Å²) in [4.78, 5) is -0.00110. The first-order valence-electron chi connectivity index (χ1n) is 6.32. The van der Waals surface area contributed by atoms with Crippen molar-refractivity contribution in [3.8, 4) is 6.07 Å². The number of nitrogens with one attached hydrogen (secondary N) is 1. The van der Waals surface area contributed by atoms with Crippen LogP contribution < -0.4 is 5.32 Å². The van der Waals surface area contributed by atoms with E-state index in [9.17, 15) is 8.42 Å². The summed E-state index contributed by atoms with van der Waals surface area (Å²) in [6.07, 6.45) is 0. The molecule has 1 aromatic rings. The second kappa shape index (κ2) is 5.70. The molecular weight excluding hydrogens is 298 g/mol. The van der Waals surface area contributed by atoms with Gasteiger partial charge in [0.1, 0.15) is 4.90 Å². The molecule has 20 heavy (non-hydrogen) atoms. The zero-order chi connectivity index (χ0) is 14.9. The van der Waals surface area contributed by atoms with Crippen LogP contribution in [0.4, 0.5) is 0 Å². The van der Waals surface area contributed by atoms with E-state index in [0.29, 0.717) is 13.1 Å². The van der Waals surface area contributed by atoms with Gasteiger partial charge in [0.15, 0.2) is 0 Å². The number of halogens is 1. The van der Waals surface area contributed by atoms with E-state index in [-0.39, 0.29) is 27.6 Å². The van der Waals surface area contributed by atoms with Gasteiger partial charge in [0, 0.05) is 25.2 Å². The van der Waals surface area contributed by atoms with Gasteiger partial charge in [0.25, 0.3) is 0 Å². The van der Waals surface area contributed by atoms with Crippen molar-refractivity contribution in [3.63, 3.8) is 0 Å². The van der Waals surface area contributed by atoms with Gasteiger partial charge in [0.2, 0.25) is 10.0 Å². The smallest absolute Gasteiger partial charge is 0.245 e. The number of benzene rings is 1. The highest BCUT2D eigenvalue weighted by Crippen LogP contribution is 2.29. The summed E-state index contributed by atoms with van der Waals surface area (Å²) in [6.45, 7) is 4.89. The van der Waals surface area contributed by atoms with Gasteiger partial charge in [-0.25, -0.2) is 8.42 Å². The molecule has 0 aromatic heterocycles. The van der Waals surface area contributed by atoms with Gasteiger partial charge in [-0.15, -0.1) is 0 Å². The number of sulfonamides is 1. The number of nitriles is 1. The maximum absolute atomic E-state index is 12.8. The van der Waals surface area contributed by atoms with Crippen molar-refractivity contribution in [1.82, 2.24) is 9.62 Å². The molecule has 1 heterocycles. The summed E-state index contributed by atoms with van der Waals surface area (Å²) >= 11 is 6.02. The Hall–Kier alpha value is -1.13. The highest BCUT2D eigenvalue weighted by Gasteiger charge is 2.36. The Morgan fingerprint density at radius 1 is 1.35 bits per heavy atom. The normalized spacial score (nSPS) is 24.3. The van der Waals surface area contributed by atoms with Crippen LogP contribution in [0.1, 0.15) is 19.4 Å². The third-order valence-corrected chi connectivity index (χ3v) is 5.97. The van der Waals surface area contributed by atoms with Crippen molar-refractivity contribution < 1.29 is 8.42 Å². The molecule has 0 aliphatic carbocycles. The van der Waals surface area contributed by atoms with Crippen LogP contribution in [0, 0.1) is 11.3 Å². The highest BCUT2D eigenvalue weighted by molar-refractivity contribution is 7.89. The lowest BCUT2D eigenvalue weighted by molar-refractivity contribution is 0.220.